The van der Waals surface area contributed by atoms with Gasteiger partial charge in [-0.05, 0) is 43.2 Å². The average molecular weight is 342 g/mol. The second kappa shape index (κ2) is 5.61. The van der Waals surface area contributed by atoms with Gasteiger partial charge in [0, 0.05) is 17.7 Å². The van der Waals surface area contributed by atoms with Crippen LogP contribution in [0.15, 0.2) is 47.1 Å². The van der Waals surface area contributed by atoms with E-state index in [2.05, 4.69) is 10.3 Å². The molecular formula is C17H18N4O4. The summed E-state index contributed by atoms with van der Waals surface area (Å²) in [5, 5.41) is 21.6. The number of fused-ring (bicyclic) bond motifs is 2. The number of benzene rings is 1. The molecule has 25 heavy (non-hydrogen) atoms. The molecule has 0 radical (unpaired) electrons. The Morgan fingerprint density at radius 2 is 2.04 bits per heavy atom. The third-order valence-electron chi connectivity index (χ3n) is 3.94. The summed E-state index contributed by atoms with van der Waals surface area (Å²) in [5.41, 5.74) is 2.07. The molecule has 8 nitrogen and oxygen atoms in total. The Kier molecular flexibility index (Phi) is 3.52. The van der Waals surface area contributed by atoms with Gasteiger partial charge in [-0.15, -0.1) is 0 Å². The lowest BCUT2D eigenvalue weighted by Gasteiger charge is -2.38. The number of hydrogen-bond donors (Lipinski definition) is 1. The van der Waals surface area contributed by atoms with Crippen LogP contribution in [0.25, 0.3) is 16.7 Å². The number of nitrogens with zero attached hydrogens (tertiary/aromatic N) is 3. The quantitative estimate of drug-likeness (QED) is 0.850. The number of hydrogen-bond acceptors (Lipinski definition) is 7. The zero-order valence-corrected chi connectivity index (χ0v) is 14.1. The van der Waals surface area contributed by atoms with Crippen molar-refractivity contribution in [3.8, 4) is 5.75 Å². The number of quaternary nitrogens is 1. The molecule has 2 aliphatic rings. The van der Waals surface area contributed by atoms with Crippen LogP contribution in [-0.4, -0.2) is 27.5 Å². The summed E-state index contributed by atoms with van der Waals surface area (Å²) in [7, 11) is 0. The summed E-state index contributed by atoms with van der Waals surface area (Å²) in [4.78, 5) is 0. The normalized spacial score (nSPS) is 21.4. The first-order chi connectivity index (χ1) is 12.0. The summed E-state index contributed by atoms with van der Waals surface area (Å²) in [5.74, 6) is 1.25. The predicted molar refractivity (Wildman–Crippen MR) is 89.5 cm³/mol. The highest BCUT2D eigenvalue weighted by Gasteiger charge is 2.32. The molecule has 130 valence electrons. The topological polar surface area (TPSA) is 88.1 Å². The van der Waals surface area contributed by atoms with Crippen molar-refractivity contribution in [3.05, 3.63) is 53.2 Å². The highest BCUT2D eigenvalue weighted by Crippen LogP contribution is 2.39. The molecule has 0 saturated carbocycles. The summed E-state index contributed by atoms with van der Waals surface area (Å²) < 4.78 is 16.4. The van der Waals surface area contributed by atoms with Gasteiger partial charge in [0.15, 0.2) is 0 Å². The van der Waals surface area contributed by atoms with Crippen molar-refractivity contribution in [2.45, 2.75) is 26.4 Å². The number of ether oxygens (including phenoxy) is 2. The van der Waals surface area contributed by atoms with Crippen molar-refractivity contribution in [2.75, 3.05) is 6.61 Å². The van der Waals surface area contributed by atoms with Gasteiger partial charge in [-0.25, -0.2) is 9.80 Å². The van der Waals surface area contributed by atoms with Crippen LogP contribution >= 0.6 is 0 Å². The average Bonchev–Trinajstić information content (AvgIpc) is 3.01. The van der Waals surface area contributed by atoms with Crippen LogP contribution in [0.5, 0.6) is 5.75 Å². The molecule has 8 heteroatoms. The maximum absolute atomic E-state index is 12.5. The highest BCUT2D eigenvalue weighted by molar-refractivity contribution is 5.84. The molecule has 1 aromatic heterocycles. The lowest BCUT2D eigenvalue weighted by atomic mass is 9.98. The van der Waals surface area contributed by atoms with Crippen LogP contribution in [-0.2, 0) is 4.74 Å². The van der Waals surface area contributed by atoms with Crippen molar-refractivity contribution in [1.82, 2.24) is 15.3 Å². The number of rotatable bonds is 3. The molecular weight excluding hydrogens is 324 g/mol. The van der Waals surface area contributed by atoms with E-state index in [-0.39, 0.29) is 5.17 Å². The van der Waals surface area contributed by atoms with Gasteiger partial charge in [-0.3, -0.25) is 0 Å². The van der Waals surface area contributed by atoms with E-state index >= 15 is 0 Å². The van der Waals surface area contributed by atoms with Crippen LogP contribution in [0.4, 0.5) is 0 Å². The Hall–Kier alpha value is -2.84. The zero-order valence-electron chi connectivity index (χ0n) is 14.1. The van der Waals surface area contributed by atoms with Gasteiger partial charge in [0.25, 0.3) is 0 Å². The molecule has 0 spiro atoms. The fourth-order valence-corrected chi connectivity index (χ4v) is 2.92. The fraction of sp³-hybridized carbons (Fsp3) is 0.294. The molecule has 1 aromatic carbocycles. The maximum atomic E-state index is 12.5. The standard InChI is InChI=1S/C17H18N4O4/c1-4-23-11-5-6-21(22)20(10-11)15-9-17(2,3)24-16-8-14-13(7-12(15)16)18-25-19-14/h5-10,21H,4H2,1-3H3. The third-order valence-corrected chi connectivity index (χ3v) is 3.94. The van der Waals surface area contributed by atoms with E-state index in [1.54, 1.807) is 23.4 Å². The second-order valence-electron chi connectivity index (χ2n) is 6.34. The lowest BCUT2D eigenvalue weighted by molar-refractivity contribution is -0.902. The Balaban J connectivity index is 1.85. The SMILES string of the molecule is CCOC1=CN(C2=CC(C)(C)Oc3cc4nonc4cc32)[NH+]([O-])C=C1. The molecule has 0 aliphatic carbocycles. The molecule has 2 aliphatic heterocycles. The van der Waals surface area contributed by atoms with E-state index in [1.807, 2.05) is 32.9 Å². The second-order valence-corrected chi connectivity index (χ2v) is 6.34. The van der Waals surface area contributed by atoms with Gasteiger partial charge in [0.05, 0.1) is 6.61 Å². The van der Waals surface area contributed by atoms with Gasteiger partial charge < -0.3 is 14.7 Å². The first-order valence-corrected chi connectivity index (χ1v) is 8.01. The van der Waals surface area contributed by atoms with Crippen molar-refractivity contribution in [3.63, 3.8) is 0 Å². The van der Waals surface area contributed by atoms with E-state index < -0.39 is 5.60 Å². The summed E-state index contributed by atoms with van der Waals surface area (Å²) >= 11 is 0. The van der Waals surface area contributed by atoms with Gasteiger partial charge >= 0.3 is 0 Å². The maximum Gasteiger partial charge on any atom is 0.146 e. The van der Waals surface area contributed by atoms with Crippen molar-refractivity contribution in [1.29, 1.82) is 0 Å². The fourth-order valence-electron chi connectivity index (χ4n) is 2.92. The molecule has 1 unspecified atom stereocenters. The third kappa shape index (κ3) is 2.75. The smallest absolute Gasteiger partial charge is 0.146 e. The Labute approximate surface area is 144 Å². The number of nitrogens with one attached hydrogen (secondary N) is 1. The minimum atomic E-state index is -0.589. The molecule has 4 rings (SSSR count). The van der Waals surface area contributed by atoms with Gasteiger partial charge in [-0.1, -0.05) is 0 Å². The predicted octanol–water partition coefficient (Wildman–Crippen LogP) is 1.74. The van der Waals surface area contributed by atoms with E-state index in [0.29, 0.717) is 34.8 Å². The first kappa shape index (κ1) is 15.7. The Bertz CT molecular complexity index is 913. The highest BCUT2D eigenvalue weighted by atomic mass is 16.6. The largest absolute Gasteiger partial charge is 0.603 e. The summed E-state index contributed by atoms with van der Waals surface area (Å²) in [6.07, 6.45) is 6.75. The van der Waals surface area contributed by atoms with Crippen LogP contribution in [0.2, 0.25) is 0 Å². The van der Waals surface area contributed by atoms with E-state index in [4.69, 9.17) is 14.1 Å². The van der Waals surface area contributed by atoms with Crippen molar-refractivity contribution >= 4 is 16.7 Å². The molecule has 1 N–H and O–H groups in total. The number of allylic oxidation sites excluding steroid dienone is 1. The number of aromatic nitrogens is 2. The first-order valence-electron chi connectivity index (χ1n) is 8.01. The van der Waals surface area contributed by atoms with Crippen LogP contribution < -0.4 is 9.91 Å². The Morgan fingerprint density at radius 3 is 2.80 bits per heavy atom. The molecule has 0 saturated heterocycles. The minimum absolute atomic E-state index is 0.156. The molecule has 0 bridgehead atoms. The van der Waals surface area contributed by atoms with Gasteiger partial charge in [-0.2, -0.15) is 5.01 Å². The number of hydroxylamine groups is 1. The minimum Gasteiger partial charge on any atom is -0.603 e. The lowest BCUT2D eigenvalue weighted by Crippen LogP contribution is -3.08. The van der Waals surface area contributed by atoms with Gasteiger partial charge in [0.1, 0.15) is 46.2 Å². The summed E-state index contributed by atoms with van der Waals surface area (Å²) in [6, 6.07) is 3.58. The van der Waals surface area contributed by atoms with E-state index in [0.717, 1.165) is 5.56 Å². The molecule has 1 atom stereocenters. The van der Waals surface area contributed by atoms with Crippen molar-refractivity contribution < 1.29 is 19.3 Å². The monoisotopic (exact) mass is 342 g/mol. The molecule has 2 aromatic rings. The zero-order chi connectivity index (χ0) is 17.6. The van der Waals surface area contributed by atoms with E-state index in [9.17, 15) is 5.21 Å². The van der Waals surface area contributed by atoms with Crippen LogP contribution in [0.3, 0.4) is 0 Å². The molecule has 0 fully saturated rings. The van der Waals surface area contributed by atoms with E-state index in [1.165, 1.54) is 6.20 Å². The van der Waals surface area contributed by atoms with Crippen LogP contribution in [0.1, 0.15) is 26.3 Å². The summed E-state index contributed by atoms with van der Waals surface area (Å²) in [6.45, 7) is 6.28. The molecule has 0 amide bonds. The van der Waals surface area contributed by atoms with Crippen LogP contribution in [0, 0.1) is 5.21 Å². The Morgan fingerprint density at radius 1 is 1.28 bits per heavy atom. The van der Waals surface area contributed by atoms with Crippen molar-refractivity contribution in [2.24, 2.45) is 0 Å². The van der Waals surface area contributed by atoms with Gasteiger partial charge in [0.2, 0.25) is 0 Å². The molecule has 3 heterocycles.